The van der Waals surface area contributed by atoms with Crippen molar-refractivity contribution in [3.63, 3.8) is 0 Å². The van der Waals surface area contributed by atoms with Crippen molar-refractivity contribution in [2.75, 3.05) is 5.73 Å². The molecule has 0 saturated heterocycles. The molecule has 0 saturated carbocycles. The van der Waals surface area contributed by atoms with Crippen LogP contribution in [0.1, 0.15) is 5.56 Å². The van der Waals surface area contributed by atoms with Gasteiger partial charge in [-0.05, 0) is 11.6 Å². The van der Waals surface area contributed by atoms with Crippen LogP contribution in [-0.4, -0.2) is 14.9 Å². The number of imidazole rings is 1. The molecule has 0 fully saturated rings. The Bertz CT molecular complexity index is 527. The summed E-state index contributed by atoms with van der Waals surface area (Å²) in [6.07, 6.45) is 3.39. The highest BCUT2D eigenvalue weighted by atomic mass is 32.2. The molecule has 0 aliphatic carbocycles. The van der Waals surface area contributed by atoms with E-state index in [0.29, 0.717) is 5.75 Å². The Labute approximate surface area is 101 Å². The standard InChI is InChI=1S/C10H10N4O2S/c11-8-2-1-7(5-9(8)14(15)16)6-17-10-12-3-4-13-10/h1-5H,6,11H2,(H,12,13). The zero-order valence-corrected chi connectivity index (χ0v) is 9.61. The lowest BCUT2D eigenvalue weighted by molar-refractivity contribution is -0.383. The van der Waals surface area contributed by atoms with Gasteiger partial charge in [0.25, 0.3) is 5.69 Å². The molecule has 0 aliphatic rings. The van der Waals surface area contributed by atoms with Crippen molar-refractivity contribution in [3.8, 4) is 0 Å². The summed E-state index contributed by atoms with van der Waals surface area (Å²) in [6, 6.07) is 4.82. The van der Waals surface area contributed by atoms with Gasteiger partial charge in [-0.25, -0.2) is 4.98 Å². The first-order valence-electron chi connectivity index (χ1n) is 4.82. The van der Waals surface area contributed by atoms with Gasteiger partial charge in [-0.1, -0.05) is 17.8 Å². The van der Waals surface area contributed by atoms with Crippen molar-refractivity contribution in [1.29, 1.82) is 0 Å². The Morgan fingerprint density at radius 3 is 3.00 bits per heavy atom. The highest BCUT2D eigenvalue weighted by molar-refractivity contribution is 7.98. The smallest absolute Gasteiger partial charge is 0.292 e. The predicted octanol–water partition coefficient (Wildman–Crippen LogP) is 2.19. The van der Waals surface area contributed by atoms with Gasteiger partial charge in [0.2, 0.25) is 0 Å². The number of thioether (sulfide) groups is 1. The molecule has 0 amide bonds. The van der Waals surface area contributed by atoms with E-state index >= 15 is 0 Å². The van der Waals surface area contributed by atoms with Crippen LogP contribution in [0.2, 0.25) is 0 Å². The number of nitrogen functional groups attached to an aromatic ring is 1. The molecule has 0 spiro atoms. The van der Waals surface area contributed by atoms with Crippen LogP contribution in [0, 0.1) is 10.1 Å². The Morgan fingerprint density at radius 2 is 2.35 bits per heavy atom. The number of benzene rings is 1. The number of nitrogens with two attached hydrogens (primary N) is 1. The van der Waals surface area contributed by atoms with Crippen molar-refractivity contribution in [3.05, 3.63) is 46.3 Å². The van der Waals surface area contributed by atoms with E-state index in [-0.39, 0.29) is 11.4 Å². The highest BCUT2D eigenvalue weighted by Gasteiger charge is 2.11. The van der Waals surface area contributed by atoms with E-state index in [1.54, 1.807) is 24.5 Å². The van der Waals surface area contributed by atoms with Gasteiger partial charge in [-0.3, -0.25) is 10.1 Å². The van der Waals surface area contributed by atoms with Gasteiger partial charge in [0.05, 0.1) is 4.92 Å². The van der Waals surface area contributed by atoms with Crippen LogP contribution in [0.15, 0.2) is 35.7 Å². The molecule has 0 unspecified atom stereocenters. The van der Waals surface area contributed by atoms with Gasteiger partial charge in [0.15, 0.2) is 5.16 Å². The van der Waals surface area contributed by atoms with E-state index in [2.05, 4.69) is 9.97 Å². The lowest BCUT2D eigenvalue weighted by atomic mass is 10.2. The first-order valence-corrected chi connectivity index (χ1v) is 5.80. The van der Waals surface area contributed by atoms with E-state index in [0.717, 1.165) is 10.7 Å². The first kappa shape index (κ1) is 11.5. The second-order valence-corrected chi connectivity index (χ2v) is 4.30. The molecule has 2 rings (SSSR count). The van der Waals surface area contributed by atoms with Gasteiger partial charge in [-0.2, -0.15) is 0 Å². The van der Waals surface area contributed by atoms with E-state index in [1.807, 2.05) is 0 Å². The average Bonchev–Trinajstić information content (AvgIpc) is 2.80. The second-order valence-electron chi connectivity index (χ2n) is 3.33. The molecule has 3 N–H and O–H groups in total. The van der Waals surface area contributed by atoms with Crippen LogP contribution in [-0.2, 0) is 5.75 Å². The summed E-state index contributed by atoms with van der Waals surface area (Å²) in [6.45, 7) is 0. The molecule has 6 nitrogen and oxygen atoms in total. The monoisotopic (exact) mass is 250 g/mol. The molecule has 17 heavy (non-hydrogen) atoms. The summed E-state index contributed by atoms with van der Waals surface area (Å²) in [4.78, 5) is 17.2. The quantitative estimate of drug-likeness (QED) is 0.375. The molecule has 7 heteroatoms. The third kappa shape index (κ3) is 2.76. The van der Waals surface area contributed by atoms with Crippen molar-refractivity contribution in [1.82, 2.24) is 9.97 Å². The fourth-order valence-electron chi connectivity index (χ4n) is 1.32. The van der Waals surface area contributed by atoms with Gasteiger partial charge >= 0.3 is 0 Å². The van der Waals surface area contributed by atoms with Crippen LogP contribution in [0.3, 0.4) is 0 Å². The summed E-state index contributed by atoms with van der Waals surface area (Å²) in [5.74, 6) is 0.606. The van der Waals surface area contributed by atoms with Crippen LogP contribution in [0.4, 0.5) is 11.4 Å². The van der Waals surface area contributed by atoms with E-state index in [1.165, 1.54) is 17.8 Å². The number of nitrogens with one attached hydrogen (secondary N) is 1. The number of nitro benzene ring substituents is 1. The third-order valence-electron chi connectivity index (χ3n) is 2.14. The zero-order valence-electron chi connectivity index (χ0n) is 8.79. The lowest BCUT2D eigenvalue weighted by Crippen LogP contribution is -1.96. The Morgan fingerprint density at radius 1 is 1.53 bits per heavy atom. The summed E-state index contributed by atoms with van der Waals surface area (Å²) in [7, 11) is 0. The second kappa shape index (κ2) is 4.88. The third-order valence-corrected chi connectivity index (χ3v) is 3.11. The molecule has 1 aromatic carbocycles. The normalized spacial score (nSPS) is 10.4. The molecular weight excluding hydrogens is 240 g/mol. The summed E-state index contributed by atoms with van der Waals surface area (Å²) < 4.78 is 0. The minimum absolute atomic E-state index is 0.0532. The van der Waals surface area contributed by atoms with Crippen molar-refractivity contribution in [2.45, 2.75) is 10.9 Å². The first-order chi connectivity index (χ1) is 8.16. The lowest BCUT2D eigenvalue weighted by Gasteiger charge is -2.01. The molecule has 0 aliphatic heterocycles. The van der Waals surface area contributed by atoms with Gasteiger partial charge in [0, 0.05) is 24.2 Å². The van der Waals surface area contributed by atoms with Crippen LogP contribution >= 0.6 is 11.8 Å². The Kier molecular flexibility index (Phi) is 3.29. The number of rotatable bonds is 4. The molecule has 1 heterocycles. The topological polar surface area (TPSA) is 97.8 Å². The molecule has 0 bridgehead atoms. The van der Waals surface area contributed by atoms with E-state index < -0.39 is 4.92 Å². The summed E-state index contributed by atoms with van der Waals surface area (Å²) in [5.41, 5.74) is 6.48. The molecule has 0 atom stereocenters. The fraction of sp³-hybridized carbons (Fsp3) is 0.100. The maximum atomic E-state index is 10.7. The molecule has 2 aromatic rings. The number of anilines is 1. The molecule has 1 aromatic heterocycles. The van der Waals surface area contributed by atoms with Gasteiger partial charge in [0.1, 0.15) is 5.69 Å². The average molecular weight is 250 g/mol. The number of hydrogen-bond acceptors (Lipinski definition) is 5. The number of nitrogens with zero attached hydrogens (tertiary/aromatic N) is 2. The van der Waals surface area contributed by atoms with E-state index in [9.17, 15) is 10.1 Å². The van der Waals surface area contributed by atoms with Crippen molar-refractivity contribution in [2.24, 2.45) is 0 Å². The number of hydrogen-bond donors (Lipinski definition) is 2. The molecular formula is C10H10N4O2S. The number of nitro groups is 1. The minimum Gasteiger partial charge on any atom is -0.393 e. The van der Waals surface area contributed by atoms with Crippen LogP contribution < -0.4 is 5.73 Å². The number of aromatic nitrogens is 2. The Balaban J connectivity index is 2.11. The predicted molar refractivity (Wildman–Crippen MR) is 65.7 cm³/mol. The SMILES string of the molecule is Nc1ccc(CSc2ncc[nH]2)cc1[N+](=O)[O-]. The molecule has 0 radical (unpaired) electrons. The maximum absolute atomic E-state index is 10.7. The van der Waals surface area contributed by atoms with E-state index in [4.69, 9.17) is 5.73 Å². The maximum Gasteiger partial charge on any atom is 0.292 e. The fourth-order valence-corrected chi connectivity index (χ4v) is 2.09. The van der Waals surface area contributed by atoms with Gasteiger partial charge < -0.3 is 10.7 Å². The minimum atomic E-state index is -0.476. The highest BCUT2D eigenvalue weighted by Crippen LogP contribution is 2.26. The number of H-pyrrole nitrogens is 1. The Hall–Kier alpha value is -2.02. The van der Waals surface area contributed by atoms with Crippen molar-refractivity contribution < 1.29 is 4.92 Å². The molecule has 88 valence electrons. The van der Waals surface area contributed by atoms with Gasteiger partial charge in [-0.15, -0.1) is 0 Å². The van der Waals surface area contributed by atoms with Crippen LogP contribution in [0.25, 0.3) is 0 Å². The summed E-state index contributed by atoms with van der Waals surface area (Å²) in [5, 5.41) is 11.5. The largest absolute Gasteiger partial charge is 0.393 e. The van der Waals surface area contributed by atoms with Crippen LogP contribution in [0.5, 0.6) is 0 Å². The number of aromatic amines is 1. The van der Waals surface area contributed by atoms with Crippen molar-refractivity contribution >= 4 is 23.1 Å². The summed E-state index contributed by atoms with van der Waals surface area (Å²) >= 11 is 1.48. The zero-order chi connectivity index (χ0) is 12.3.